The maximum atomic E-state index is 12.6. The predicted molar refractivity (Wildman–Crippen MR) is 115 cm³/mol. The first kappa shape index (κ1) is 21.3. The molecule has 0 fully saturated rings. The van der Waals surface area contributed by atoms with Gasteiger partial charge in [-0.3, -0.25) is 19.6 Å². The number of nitro benzene ring substituents is 1. The van der Waals surface area contributed by atoms with E-state index in [9.17, 15) is 14.9 Å². The van der Waals surface area contributed by atoms with Crippen molar-refractivity contribution >= 4 is 28.9 Å². The Bertz CT molecular complexity index is 1170. The SMILES string of the molecule is Cc1cc(C)c(C)c(Oc2cc(NC(=O)c3nn(C)c(C)c3Cl)cc([N+](=O)[O-])c2)c1. The summed E-state index contributed by atoms with van der Waals surface area (Å²) >= 11 is 6.17. The minimum atomic E-state index is -0.572. The van der Waals surface area contributed by atoms with E-state index in [0.717, 1.165) is 16.7 Å². The fourth-order valence-corrected chi connectivity index (χ4v) is 3.22. The Morgan fingerprint density at radius 1 is 1.17 bits per heavy atom. The van der Waals surface area contributed by atoms with E-state index in [2.05, 4.69) is 10.4 Å². The number of nitro groups is 1. The van der Waals surface area contributed by atoms with Gasteiger partial charge < -0.3 is 10.1 Å². The van der Waals surface area contributed by atoms with E-state index in [1.54, 1.807) is 14.0 Å². The number of hydrogen-bond acceptors (Lipinski definition) is 5. The zero-order valence-corrected chi connectivity index (χ0v) is 18.0. The van der Waals surface area contributed by atoms with Gasteiger partial charge in [0.05, 0.1) is 27.4 Å². The lowest BCUT2D eigenvalue weighted by atomic mass is 10.1. The summed E-state index contributed by atoms with van der Waals surface area (Å²) in [4.78, 5) is 23.5. The quantitative estimate of drug-likeness (QED) is 0.441. The van der Waals surface area contributed by atoms with Gasteiger partial charge in [-0.1, -0.05) is 17.7 Å². The van der Waals surface area contributed by atoms with Gasteiger partial charge in [0, 0.05) is 19.2 Å². The number of carbonyl (C=O) groups excluding carboxylic acids is 1. The molecule has 2 aromatic carbocycles. The summed E-state index contributed by atoms with van der Waals surface area (Å²) in [5.74, 6) is 0.252. The highest BCUT2D eigenvalue weighted by atomic mass is 35.5. The van der Waals surface area contributed by atoms with Crippen molar-refractivity contribution in [1.82, 2.24) is 9.78 Å². The van der Waals surface area contributed by atoms with E-state index < -0.39 is 10.8 Å². The number of non-ortho nitro benzene ring substituents is 1. The molecule has 0 radical (unpaired) electrons. The Balaban J connectivity index is 1.96. The van der Waals surface area contributed by atoms with Crippen molar-refractivity contribution in [2.24, 2.45) is 7.05 Å². The zero-order chi connectivity index (χ0) is 22.2. The summed E-state index contributed by atoms with van der Waals surface area (Å²) in [5.41, 5.74) is 3.63. The third kappa shape index (κ3) is 4.28. The summed E-state index contributed by atoms with van der Waals surface area (Å²) < 4.78 is 7.42. The third-order valence-corrected chi connectivity index (χ3v) is 5.28. The number of carbonyl (C=O) groups is 1. The molecule has 156 valence electrons. The lowest BCUT2D eigenvalue weighted by Gasteiger charge is -2.13. The van der Waals surface area contributed by atoms with Crippen LogP contribution in [0.3, 0.4) is 0 Å². The fraction of sp³-hybridized carbons (Fsp3) is 0.238. The molecular formula is C21H21ClN4O4. The number of anilines is 1. The molecule has 0 aliphatic heterocycles. The first-order valence-electron chi connectivity index (χ1n) is 9.12. The molecule has 0 aliphatic carbocycles. The number of halogens is 1. The Morgan fingerprint density at radius 3 is 2.47 bits per heavy atom. The molecule has 0 unspecified atom stereocenters. The summed E-state index contributed by atoms with van der Waals surface area (Å²) in [7, 11) is 1.67. The maximum absolute atomic E-state index is 12.6. The minimum Gasteiger partial charge on any atom is -0.457 e. The van der Waals surface area contributed by atoms with Crippen molar-refractivity contribution in [2.75, 3.05) is 5.32 Å². The van der Waals surface area contributed by atoms with E-state index in [-0.39, 0.29) is 27.8 Å². The standard InChI is InChI=1S/C21H21ClN4O4/c1-11-6-12(2)13(3)18(7-11)30-17-9-15(8-16(10-17)26(28)29)23-21(27)20-19(22)14(4)25(5)24-20/h6-10H,1-5H3,(H,23,27). The van der Waals surface area contributed by atoms with E-state index in [1.165, 1.54) is 22.9 Å². The van der Waals surface area contributed by atoms with Gasteiger partial charge in [0.25, 0.3) is 11.6 Å². The molecule has 3 aromatic rings. The average molecular weight is 429 g/mol. The number of rotatable bonds is 5. The summed E-state index contributed by atoms with van der Waals surface area (Å²) in [6.07, 6.45) is 0. The minimum absolute atomic E-state index is 0.0378. The number of nitrogens with one attached hydrogen (secondary N) is 1. The van der Waals surface area contributed by atoms with E-state index in [0.29, 0.717) is 11.4 Å². The first-order valence-corrected chi connectivity index (χ1v) is 9.50. The summed E-state index contributed by atoms with van der Waals surface area (Å²) in [6, 6.07) is 7.97. The topological polar surface area (TPSA) is 99.3 Å². The highest BCUT2D eigenvalue weighted by Crippen LogP contribution is 2.33. The molecule has 8 nitrogen and oxygen atoms in total. The van der Waals surface area contributed by atoms with Crippen LogP contribution in [0.5, 0.6) is 11.5 Å². The molecule has 0 saturated heterocycles. The normalized spacial score (nSPS) is 10.7. The van der Waals surface area contributed by atoms with Gasteiger partial charge in [0.2, 0.25) is 0 Å². The molecule has 0 saturated carbocycles. The Kier molecular flexibility index (Phi) is 5.80. The van der Waals surface area contributed by atoms with Crippen molar-refractivity contribution in [2.45, 2.75) is 27.7 Å². The van der Waals surface area contributed by atoms with Crippen LogP contribution in [0.1, 0.15) is 32.9 Å². The lowest BCUT2D eigenvalue weighted by Crippen LogP contribution is -2.13. The number of ether oxygens (including phenoxy) is 1. The van der Waals surface area contributed by atoms with Crippen molar-refractivity contribution in [1.29, 1.82) is 0 Å². The summed E-state index contributed by atoms with van der Waals surface area (Å²) in [5, 5.41) is 18.3. The molecule has 1 aromatic heterocycles. The van der Waals surface area contributed by atoms with Crippen molar-refractivity contribution < 1.29 is 14.5 Å². The second-order valence-corrected chi connectivity index (χ2v) is 7.48. The monoisotopic (exact) mass is 428 g/mol. The molecule has 1 amide bonds. The maximum Gasteiger partial charge on any atom is 0.277 e. The van der Waals surface area contributed by atoms with Gasteiger partial charge in [-0.2, -0.15) is 5.10 Å². The van der Waals surface area contributed by atoms with Crippen LogP contribution in [0.15, 0.2) is 30.3 Å². The fourth-order valence-electron chi connectivity index (χ4n) is 2.97. The van der Waals surface area contributed by atoms with E-state index >= 15 is 0 Å². The van der Waals surface area contributed by atoms with Crippen LogP contribution in [0.2, 0.25) is 5.02 Å². The Hall–Kier alpha value is -3.39. The van der Waals surface area contributed by atoms with Crippen LogP contribution >= 0.6 is 11.6 Å². The molecule has 0 spiro atoms. The molecule has 9 heteroatoms. The second-order valence-electron chi connectivity index (χ2n) is 7.11. The van der Waals surface area contributed by atoms with Gasteiger partial charge in [0.1, 0.15) is 11.5 Å². The van der Waals surface area contributed by atoms with E-state index in [4.69, 9.17) is 16.3 Å². The van der Waals surface area contributed by atoms with Crippen molar-refractivity contribution in [3.8, 4) is 11.5 Å². The Labute approximate surface area is 178 Å². The number of hydrogen-bond donors (Lipinski definition) is 1. The van der Waals surface area contributed by atoms with E-state index in [1.807, 2.05) is 32.9 Å². The predicted octanol–water partition coefficient (Wildman–Crippen LogP) is 5.26. The van der Waals surface area contributed by atoms with Gasteiger partial charge in [-0.25, -0.2) is 0 Å². The van der Waals surface area contributed by atoms with Crippen LogP contribution in [-0.2, 0) is 7.05 Å². The van der Waals surface area contributed by atoms with Crippen LogP contribution < -0.4 is 10.1 Å². The highest BCUT2D eigenvalue weighted by molar-refractivity contribution is 6.34. The molecule has 0 aliphatic rings. The largest absolute Gasteiger partial charge is 0.457 e. The van der Waals surface area contributed by atoms with Gasteiger partial charge in [-0.15, -0.1) is 0 Å². The number of nitrogens with zero attached hydrogens (tertiary/aromatic N) is 3. The molecular weight excluding hydrogens is 408 g/mol. The average Bonchev–Trinajstić information content (AvgIpc) is 2.93. The highest BCUT2D eigenvalue weighted by Gasteiger charge is 2.20. The molecule has 1 heterocycles. The third-order valence-electron chi connectivity index (χ3n) is 4.83. The van der Waals surface area contributed by atoms with Crippen LogP contribution in [0.4, 0.5) is 11.4 Å². The van der Waals surface area contributed by atoms with Crippen molar-refractivity contribution in [3.63, 3.8) is 0 Å². The number of amides is 1. The second kappa shape index (κ2) is 8.16. The van der Waals surface area contributed by atoms with Gasteiger partial charge in [-0.05, 0) is 50.5 Å². The van der Waals surface area contributed by atoms with Gasteiger partial charge in [0.15, 0.2) is 5.69 Å². The molecule has 30 heavy (non-hydrogen) atoms. The number of aromatic nitrogens is 2. The van der Waals surface area contributed by atoms with Gasteiger partial charge >= 0.3 is 0 Å². The molecule has 1 N–H and O–H groups in total. The molecule has 0 bridgehead atoms. The van der Waals surface area contributed by atoms with Crippen LogP contribution in [-0.4, -0.2) is 20.6 Å². The zero-order valence-electron chi connectivity index (χ0n) is 17.2. The molecule has 3 rings (SSSR count). The number of benzene rings is 2. The lowest BCUT2D eigenvalue weighted by molar-refractivity contribution is -0.384. The smallest absolute Gasteiger partial charge is 0.277 e. The first-order chi connectivity index (χ1) is 14.1. The Morgan fingerprint density at radius 2 is 1.87 bits per heavy atom. The number of aryl methyl sites for hydroxylation is 3. The van der Waals surface area contributed by atoms with Crippen LogP contribution in [0, 0.1) is 37.8 Å². The van der Waals surface area contributed by atoms with Crippen LogP contribution in [0.25, 0.3) is 0 Å². The summed E-state index contributed by atoms with van der Waals surface area (Å²) in [6.45, 7) is 7.55. The van der Waals surface area contributed by atoms with Crippen molar-refractivity contribution in [3.05, 3.63) is 73.5 Å². The molecule has 0 atom stereocenters.